The Bertz CT molecular complexity index is 414. The first kappa shape index (κ1) is 23.0. The van der Waals surface area contributed by atoms with Crippen LogP contribution in [0, 0.1) is 11.3 Å². The number of rotatable bonds is 7. The third-order valence-corrected chi connectivity index (χ3v) is 6.28. The van der Waals surface area contributed by atoms with Crippen molar-refractivity contribution in [2.75, 3.05) is 40.3 Å². The molecule has 1 saturated heterocycles. The zero-order valence-electron chi connectivity index (χ0n) is 16.8. The predicted molar refractivity (Wildman–Crippen MR) is 117 cm³/mol. The molecule has 25 heavy (non-hydrogen) atoms. The van der Waals surface area contributed by atoms with Crippen molar-refractivity contribution < 1.29 is 4.74 Å². The van der Waals surface area contributed by atoms with Gasteiger partial charge in [-0.1, -0.05) is 13.8 Å². The topological polar surface area (TPSA) is 48.9 Å². The summed E-state index contributed by atoms with van der Waals surface area (Å²) in [6, 6.07) is 0.462. The second-order valence-electron chi connectivity index (χ2n) is 7.54. The summed E-state index contributed by atoms with van der Waals surface area (Å²) in [6.07, 6.45) is 6.40. The minimum atomic E-state index is 0. The van der Waals surface area contributed by atoms with Gasteiger partial charge in [-0.2, -0.15) is 0 Å². The fourth-order valence-electron chi connectivity index (χ4n) is 4.62. The van der Waals surface area contributed by atoms with Gasteiger partial charge in [0.1, 0.15) is 0 Å². The average molecular weight is 466 g/mol. The molecule has 1 saturated carbocycles. The highest BCUT2D eigenvalue weighted by atomic mass is 127. The molecule has 0 radical (unpaired) electrons. The maximum Gasteiger partial charge on any atom is 0.191 e. The normalized spacial score (nSPS) is 29.5. The fraction of sp³-hybridized carbons (Fsp3) is 0.947. The summed E-state index contributed by atoms with van der Waals surface area (Å²) < 4.78 is 5.98. The Labute approximate surface area is 171 Å². The number of piperidine rings is 1. The van der Waals surface area contributed by atoms with Crippen LogP contribution in [0.2, 0.25) is 0 Å². The van der Waals surface area contributed by atoms with Crippen molar-refractivity contribution >= 4 is 29.9 Å². The van der Waals surface area contributed by atoms with Gasteiger partial charge in [0.15, 0.2) is 5.96 Å². The maximum absolute atomic E-state index is 5.98. The van der Waals surface area contributed by atoms with Crippen LogP contribution in [0.4, 0.5) is 0 Å². The van der Waals surface area contributed by atoms with Gasteiger partial charge in [0.05, 0.1) is 6.10 Å². The molecule has 1 aliphatic heterocycles. The van der Waals surface area contributed by atoms with E-state index in [2.05, 4.69) is 48.3 Å². The molecule has 2 rings (SSSR count). The minimum Gasteiger partial charge on any atom is -0.378 e. The molecule has 2 N–H and O–H groups in total. The van der Waals surface area contributed by atoms with Crippen LogP contribution in [-0.4, -0.2) is 63.3 Å². The van der Waals surface area contributed by atoms with Gasteiger partial charge in [-0.15, -0.1) is 24.0 Å². The summed E-state index contributed by atoms with van der Waals surface area (Å²) in [6.45, 7) is 10.9. The van der Waals surface area contributed by atoms with Crippen LogP contribution in [-0.2, 0) is 4.74 Å². The second kappa shape index (κ2) is 10.9. The molecule has 6 heteroatoms. The Hall–Kier alpha value is -0.0800. The van der Waals surface area contributed by atoms with E-state index in [9.17, 15) is 0 Å². The number of hydrogen-bond donors (Lipinski definition) is 2. The van der Waals surface area contributed by atoms with Gasteiger partial charge in [0.25, 0.3) is 0 Å². The number of halogens is 1. The van der Waals surface area contributed by atoms with Gasteiger partial charge in [0.2, 0.25) is 0 Å². The Balaban J connectivity index is 0.00000312. The summed E-state index contributed by atoms with van der Waals surface area (Å²) in [5.41, 5.74) is 0.249. The molecule has 3 atom stereocenters. The van der Waals surface area contributed by atoms with Crippen molar-refractivity contribution in [3.05, 3.63) is 0 Å². The lowest BCUT2D eigenvalue weighted by Crippen LogP contribution is -2.65. The van der Waals surface area contributed by atoms with E-state index in [0.717, 1.165) is 44.3 Å². The molecule has 1 heterocycles. The highest BCUT2D eigenvalue weighted by Gasteiger charge is 2.53. The predicted octanol–water partition coefficient (Wildman–Crippen LogP) is 3.10. The molecule has 0 aromatic rings. The molecule has 3 unspecified atom stereocenters. The lowest BCUT2D eigenvalue weighted by Gasteiger charge is -2.55. The molecule has 2 aliphatic rings. The van der Waals surface area contributed by atoms with Crippen LogP contribution < -0.4 is 10.6 Å². The lowest BCUT2D eigenvalue weighted by atomic mass is 9.58. The third-order valence-electron chi connectivity index (χ3n) is 6.28. The Morgan fingerprint density at radius 2 is 2.00 bits per heavy atom. The number of nitrogens with zero attached hydrogens (tertiary/aromatic N) is 2. The maximum atomic E-state index is 5.98. The first-order valence-electron chi connectivity index (χ1n) is 9.86. The first-order chi connectivity index (χ1) is 11.6. The smallest absolute Gasteiger partial charge is 0.191 e. The van der Waals surface area contributed by atoms with E-state index in [1.165, 1.54) is 25.9 Å². The molecule has 5 nitrogen and oxygen atoms in total. The summed E-state index contributed by atoms with van der Waals surface area (Å²) in [5, 5.41) is 7.24. The molecule has 0 aromatic carbocycles. The molecule has 148 valence electrons. The van der Waals surface area contributed by atoms with Gasteiger partial charge < -0.3 is 20.3 Å². The number of likely N-dealkylation sites (tertiary alicyclic amines) is 1. The Morgan fingerprint density at radius 1 is 1.28 bits per heavy atom. The Kier molecular flexibility index (Phi) is 10.0. The molecular weight excluding hydrogens is 427 g/mol. The molecular formula is C19H39IN4O. The van der Waals surface area contributed by atoms with Crippen LogP contribution in [0.5, 0.6) is 0 Å². The number of hydrogen-bond acceptors (Lipinski definition) is 3. The molecule has 0 spiro atoms. The van der Waals surface area contributed by atoms with E-state index >= 15 is 0 Å². The lowest BCUT2D eigenvalue weighted by molar-refractivity contribution is -0.133. The van der Waals surface area contributed by atoms with Crippen molar-refractivity contribution in [2.24, 2.45) is 16.3 Å². The highest BCUT2D eigenvalue weighted by Crippen LogP contribution is 2.48. The van der Waals surface area contributed by atoms with Gasteiger partial charge in [-0.25, -0.2) is 0 Å². The van der Waals surface area contributed by atoms with E-state index in [4.69, 9.17) is 4.74 Å². The van der Waals surface area contributed by atoms with Gasteiger partial charge in [-0.05, 0) is 58.5 Å². The molecule has 0 bridgehead atoms. The van der Waals surface area contributed by atoms with E-state index < -0.39 is 0 Å². The minimum absolute atomic E-state index is 0. The quantitative estimate of drug-likeness (QED) is 0.344. The number of guanidine groups is 1. The largest absolute Gasteiger partial charge is 0.378 e. The van der Waals surface area contributed by atoms with Crippen molar-refractivity contribution in [1.82, 2.24) is 15.5 Å². The van der Waals surface area contributed by atoms with E-state index in [1.807, 2.05) is 7.05 Å². The van der Waals surface area contributed by atoms with Crippen molar-refractivity contribution in [2.45, 2.75) is 65.0 Å². The molecule has 1 aliphatic carbocycles. The zero-order chi connectivity index (χ0) is 17.6. The molecule has 0 amide bonds. The van der Waals surface area contributed by atoms with Crippen LogP contribution in [0.15, 0.2) is 4.99 Å². The van der Waals surface area contributed by atoms with Crippen molar-refractivity contribution in [3.8, 4) is 0 Å². The molecule has 2 fully saturated rings. The first-order valence-corrected chi connectivity index (χ1v) is 9.86. The number of nitrogens with one attached hydrogen (secondary N) is 2. The average Bonchev–Trinajstić information content (AvgIpc) is 2.58. The van der Waals surface area contributed by atoms with Crippen LogP contribution in [0.3, 0.4) is 0 Å². The summed E-state index contributed by atoms with van der Waals surface area (Å²) in [5.74, 6) is 1.68. The summed E-state index contributed by atoms with van der Waals surface area (Å²) >= 11 is 0. The summed E-state index contributed by atoms with van der Waals surface area (Å²) in [4.78, 5) is 6.89. The SMILES string of the molecule is CCOC1CC(NC(=NC)NCC2CCCN(C)C2)C1(CC)CC.I. The van der Waals surface area contributed by atoms with Crippen molar-refractivity contribution in [1.29, 1.82) is 0 Å². The van der Waals surface area contributed by atoms with Crippen LogP contribution in [0.1, 0.15) is 52.9 Å². The second-order valence-corrected chi connectivity index (χ2v) is 7.54. The highest BCUT2D eigenvalue weighted by molar-refractivity contribution is 14.0. The third kappa shape index (κ3) is 5.45. The zero-order valence-corrected chi connectivity index (χ0v) is 19.1. The van der Waals surface area contributed by atoms with Gasteiger partial charge in [-0.3, -0.25) is 4.99 Å². The standard InChI is InChI=1S/C19H38N4O.HI/c1-6-19(7-2)16(12-17(19)24-8-3)22-18(20-4)21-13-15-10-9-11-23(5)14-15;/h15-17H,6-14H2,1-5H3,(H2,20,21,22);1H. The number of aliphatic imine (C=N–C) groups is 1. The summed E-state index contributed by atoms with van der Waals surface area (Å²) in [7, 11) is 4.10. The van der Waals surface area contributed by atoms with Gasteiger partial charge in [0, 0.05) is 38.2 Å². The molecule has 0 aromatic heterocycles. The van der Waals surface area contributed by atoms with E-state index in [0.29, 0.717) is 12.1 Å². The van der Waals surface area contributed by atoms with Crippen LogP contribution >= 0.6 is 24.0 Å². The van der Waals surface area contributed by atoms with Gasteiger partial charge >= 0.3 is 0 Å². The number of ether oxygens (including phenoxy) is 1. The van der Waals surface area contributed by atoms with Crippen LogP contribution in [0.25, 0.3) is 0 Å². The van der Waals surface area contributed by atoms with E-state index in [1.54, 1.807) is 0 Å². The van der Waals surface area contributed by atoms with E-state index in [-0.39, 0.29) is 29.4 Å². The monoisotopic (exact) mass is 466 g/mol. The van der Waals surface area contributed by atoms with Crippen molar-refractivity contribution in [3.63, 3.8) is 0 Å². The Morgan fingerprint density at radius 3 is 2.56 bits per heavy atom. The fourth-order valence-corrected chi connectivity index (χ4v) is 4.62.